The number of hydrogen-bond donors (Lipinski definition) is 5. The van der Waals surface area contributed by atoms with Crippen LogP contribution in [0, 0.1) is 0 Å². The molecule has 3 aromatic carbocycles. The Bertz CT molecular complexity index is 2060. The fourth-order valence-electron chi connectivity index (χ4n) is 6.89. The molecule has 1 aromatic heterocycles. The summed E-state index contributed by atoms with van der Waals surface area (Å²) in [6.07, 6.45) is 3.04. The second-order valence-electron chi connectivity index (χ2n) is 12.1. The van der Waals surface area contributed by atoms with Crippen molar-refractivity contribution in [2.24, 2.45) is 4.99 Å². The van der Waals surface area contributed by atoms with Crippen LogP contribution in [-0.4, -0.2) is 72.7 Å². The number of aromatic nitrogens is 2. The zero-order valence-electron chi connectivity index (χ0n) is 25.5. The summed E-state index contributed by atoms with van der Waals surface area (Å²) in [4.78, 5) is 36.9. The van der Waals surface area contributed by atoms with E-state index in [0.29, 0.717) is 52.6 Å². The summed E-state index contributed by atoms with van der Waals surface area (Å²) in [6.45, 7) is 0.489. The number of nitrogens with zero attached hydrogens (tertiary/aromatic N) is 4. The number of benzene rings is 3. The molecular formula is C34H31N5O9. The van der Waals surface area contributed by atoms with Gasteiger partial charge in [0.1, 0.15) is 35.9 Å². The van der Waals surface area contributed by atoms with Gasteiger partial charge in [-0.25, -0.2) is 14.8 Å². The lowest BCUT2D eigenvalue weighted by Crippen LogP contribution is -2.44. The van der Waals surface area contributed by atoms with Crippen LogP contribution in [0.15, 0.2) is 65.9 Å². The third kappa shape index (κ3) is 4.71. The van der Waals surface area contributed by atoms with Gasteiger partial charge in [0.15, 0.2) is 16.4 Å². The number of amides is 1. The molecule has 0 radical (unpaired) electrons. The second kappa shape index (κ2) is 11.3. The quantitative estimate of drug-likeness (QED) is 0.184. The normalized spacial score (nSPS) is 19.9. The Balaban J connectivity index is 0.968. The van der Waals surface area contributed by atoms with Gasteiger partial charge in [-0.3, -0.25) is 9.36 Å². The Morgan fingerprint density at radius 3 is 2.42 bits per heavy atom. The van der Waals surface area contributed by atoms with Crippen molar-refractivity contribution in [2.75, 3.05) is 25.1 Å². The van der Waals surface area contributed by atoms with Crippen molar-refractivity contribution in [1.82, 2.24) is 14.5 Å². The Morgan fingerprint density at radius 1 is 0.979 bits per heavy atom. The number of hydrogen-bond acceptors (Lipinski definition) is 12. The largest absolute Gasteiger partial charge is 0.508 e. The number of rotatable bonds is 7. The fraction of sp³-hybridized carbons (Fsp3) is 0.294. The molecule has 8 rings (SSSR count). The molecule has 48 heavy (non-hydrogen) atoms. The molecule has 5 heterocycles. The minimum atomic E-state index is -1.39. The number of esters is 1. The van der Waals surface area contributed by atoms with Gasteiger partial charge in [-0.2, -0.15) is 0 Å². The van der Waals surface area contributed by atoms with Gasteiger partial charge >= 0.3 is 5.97 Å². The molecule has 2 atom stereocenters. The lowest BCUT2D eigenvalue weighted by atomic mass is 9.77. The van der Waals surface area contributed by atoms with Gasteiger partial charge < -0.3 is 44.9 Å². The first kappa shape index (κ1) is 29.8. The van der Waals surface area contributed by atoms with Crippen LogP contribution in [0.5, 0.6) is 23.0 Å². The Morgan fingerprint density at radius 2 is 1.71 bits per heavy atom. The summed E-state index contributed by atoms with van der Waals surface area (Å²) in [5, 5.41) is 43.7. The highest BCUT2D eigenvalue weighted by molar-refractivity contribution is 5.99. The summed E-state index contributed by atoms with van der Waals surface area (Å²) in [7, 11) is 0. The lowest BCUT2D eigenvalue weighted by molar-refractivity contribution is -0.116. The third-order valence-electron chi connectivity index (χ3n) is 9.16. The molecular weight excluding hydrogens is 622 g/mol. The number of imidazole rings is 1. The Hall–Kier alpha value is -5.60. The highest BCUT2D eigenvalue weighted by Crippen LogP contribution is 2.57. The maximum absolute atomic E-state index is 13.4. The minimum absolute atomic E-state index is 0.0244. The molecule has 5 N–H and O–H groups in total. The molecule has 4 aliphatic rings. The summed E-state index contributed by atoms with van der Waals surface area (Å²) in [6, 6.07) is 14.0. The number of nitrogens with one attached hydrogen (secondary N) is 1. The maximum atomic E-state index is 13.4. The van der Waals surface area contributed by atoms with Crippen LogP contribution in [0.2, 0.25) is 0 Å². The number of aliphatic hydroxyl groups excluding tert-OH is 2. The standard InChI is InChI=1S/C34H31N5O9/c40-15-21-6-10-29(46-21)39-17-35-30-31(39)36-16-38(32(30)44)11-1-2-28(43)37-18-3-7-23-22(12-18)33(45)48-34(23)24-8-4-19(41)13-26(24)47-27-14-20(42)5-9-25(27)34/h3-5,7-9,12-14,17,21,29,40-42,44H,1-2,6,10-11,15-16H2,(H,37,43)/t21-,29+/m0/s1. The first-order valence-corrected chi connectivity index (χ1v) is 15.6. The molecule has 14 heteroatoms. The van der Waals surface area contributed by atoms with Crippen LogP contribution < -0.4 is 20.9 Å². The number of ether oxygens (including phenoxy) is 3. The molecule has 4 aromatic rings. The number of phenolic OH excluding ortho intramolecular Hbond substituents is 2. The van der Waals surface area contributed by atoms with E-state index in [4.69, 9.17) is 14.2 Å². The van der Waals surface area contributed by atoms with Crippen molar-refractivity contribution >= 4 is 23.4 Å². The van der Waals surface area contributed by atoms with Crippen LogP contribution in [0.3, 0.4) is 0 Å². The zero-order valence-corrected chi connectivity index (χ0v) is 25.5. The molecule has 14 nitrogen and oxygen atoms in total. The van der Waals surface area contributed by atoms with E-state index in [2.05, 4.69) is 15.3 Å². The second-order valence-corrected chi connectivity index (χ2v) is 12.1. The van der Waals surface area contributed by atoms with Crippen molar-refractivity contribution in [1.29, 1.82) is 0 Å². The van der Waals surface area contributed by atoms with E-state index >= 15 is 0 Å². The predicted octanol–water partition coefficient (Wildman–Crippen LogP) is 2.47. The number of aliphatic hydroxyl groups is 2. The smallest absolute Gasteiger partial charge is 0.340 e. The molecule has 0 bridgehead atoms. The first-order valence-electron chi connectivity index (χ1n) is 15.6. The Labute approximate surface area is 272 Å². The highest BCUT2D eigenvalue weighted by atomic mass is 16.6. The van der Waals surface area contributed by atoms with Gasteiger partial charge in [0.05, 0.1) is 24.6 Å². The minimum Gasteiger partial charge on any atom is -0.508 e. The average Bonchev–Trinajstić information content (AvgIpc) is 3.79. The average molecular weight is 654 g/mol. The van der Waals surface area contributed by atoms with Crippen LogP contribution in [0.1, 0.15) is 59.0 Å². The van der Waals surface area contributed by atoms with Gasteiger partial charge in [-0.1, -0.05) is 6.07 Å². The van der Waals surface area contributed by atoms with Gasteiger partial charge in [0, 0.05) is 47.5 Å². The van der Waals surface area contributed by atoms with Crippen LogP contribution in [-0.2, 0) is 19.9 Å². The number of aromatic hydroxyl groups is 2. The number of carbonyl (C=O) groups is 2. The molecule has 1 fully saturated rings. The Kier molecular flexibility index (Phi) is 7.00. The van der Waals surface area contributed by atoms with Gasteiger partial charge in [-0.15, -0.1) is 0 Å². The van der Waals surface area contributed by atoms with E-state index in [9.17, 15) is 30.0 Å². The van der Waals surface area contributed by atoms with E-state index in [-0.39, 0.29) is 72.4 Å². The highest BCUT2D eigenvalue weighted by Gasteiger charge is 2.53. The molecule has 1 amide bonds. The predicted molar refractivity (Wildman–Crippen MR) is 167 cm³/mol. The van der Waals surface area contributed by atoms with E-state index in [1.165, 1.54) is 24.3 Å². The molecule has 1 spiro atoms. The number of carbonyl (C=O) groups excluding carboxylic acids is 2. The summed E-state index contributed by atoms with van der Waals surface area (Å²) >= 11 is 0. The summed E-state index contributed by atoms with van der Waals surface area (Å²) in [5.74, 6) is -0.423. The molecule has 246 valence electrons. The summed E-state index contributed by atoms with van der Waals surface area (Å²) in [5.41, 5.74) is 1.34. The zero-order chi connectivity index (χ0) is 33.2. The molecule has 0 aliphatic carbocycles. The first-order chi connectivity index (χ1) is 23.2. The van der Waals surface area contributed by atoms with Gasteiger partial charge in [0.25, 0.3) is 0 Å². The monoisotopic (exact) mass is 653 g/mol. The molecule has 4 aliphatic heterocycles. The van der Waals surface area contributed by atoms with E-state index < -0.39 is 11.6 Å². The van der Waals surface area contributed by atoms with Crippen LogP contribution >= 0.6 is 0 Å². The van der Waals surface area contributed by atoms with Crippen molar-refractivity contribution < 1.29 is 44.2 Å². The molecule has 0 unspecified atom stereocenters. The van der Waals surface area contributed by atoms with E-state index in [1.54, 1.807) is 46.1 Å². The third-order valence-corrected chi connectivity index (χ3v) is 9.16. The van der Waals surface area contributed by atoms with E-state index in [1.807, 2.05) is 0 Å². The van der Waals surface area contributed by atoms with Gasteiger partial charge in [-0.05, 0) is 55.7 Å². The van der Waals surface area contributed by atoms with Crippen LogP contribution in [0.4, 0.5) is 5.69 Å². The number of fused-ring (bicyclic) bond motifs is 7. The number of anilines is 1. The van der Waals surface area contributed by atoms with Crippen LogP contribution in [0.25, 0.3) is 5.88 Å². The lowest BCUT2D eigenvalue weighted by Gasteiger charge is -2.36. The van der Waals surface area contributed by atoms with Crippen molar-refractivity contribution in [3.63, 3.8) is 0 Å². The van der Waals surface area contributed by atoms with Gasteiger partial charge in [0.2, 0.25) is 11.8 Å². The molecule has 0 saturated carbocycles. The van der Waals surface area contributed by atoms with Crippen molar-refractivity contribution in [3.05, 3.63) is 94.0 Å². The summed E-state index contributed by atoms with van der Waals surface area (Å²) < 4.78 is 19.7. The molecule has 1 saturated heterocycles. The van der Waals surface area contributed by atoms with Crippen molar-refractivity contribution in [3.8, 4) is 23.0 Å². The van der Waals surface area contributed by atoms with E-state index in [0.717, 1.165) is 6.42 Å². The number of phenols is 2. The van der Waals surface area contributed by atoms with Crippen molar-refractivity contribution in [2.45, 2.75) is 43.6 Å². The maximum Gasteiger partial charge on any atom is 0.340 e. The SMILES string of the molecule is O=C(CCCN1CN=c2c(ncn2[C@H]2CC[C@@H](CO)O2)=C1O)Nc1ccc2c(c1)C(=O)OC21c2ccc(O)cc2Oc2cc(O)ccc21. The fourth-order valence-corrected chi connectivity index (χ4v) is 6.89. The topological polar surface area (TPSA) is 188 Å².